The van der Waals surface area contributed by atoms with Crippen LogP contribution >= 0.6 is 11.8 Å². The first-order valence-corrected chi connectivity index (χ1v) is 9.95. The van der Waals surface area contributed by atoms with E-state index in [-0.39, 0.29) is 23.3 Å². The highest BCUT2D eigenvalue weighted by atomic mass is 32.2. The number of thioether (sulfide) groups is 1. The van der Waals surface area contributed by atoms with Crippen molar-refractivity contribution < 1.29 is 9.18 Å². The van der Waals surface area contributed by atoms with Gasteiger partial charge in [-0.15, -0.1) is 0 Å². The third kappa shape index (κ3) is 4.42. The van der Waals surface area contributed by atoms with Gasteiger partial charge in [-0.3, -0.25) is 14.2 Å². The Kier molecular flexibility index (Phi) is 6.14. The maximum absolute atomic E-state index is 13.0. The van der Waals surface area contributed by atoms with Crippen LogP contribution in [0.25, 0.3) is 10.9 Å². The van der Waals surface area contributed by atoms with E-state index in [0.29, 0.717) is 22.6 Å². The number of carbonyl (C=O) groups is 1. The largest absolute Gasteiger partial charge is 0.351 e. The fraction of sp³-hybridized carbons (Fsp3) is 0.286. The molecule has 0 saturated heterocycles. The van der Waals surface area contributed by atoms with Crippen molar-refractivity contribution in [2.75, 3.05) is 0 Å². The van der Waals surface area contributed by atoms with Gasteiger partial charge in [0.15, 0.2) is 5.16 Å². The van der Waals surface area contributed by atoms with Crippen LogP contribution in [0.4, 0.5) is 4.39 Å². The van der Waals surface area contributed by atoms with E-state index in [1.54, 1.807) is 35.8 Å². The van der Waals surface area contributed by atoms with Gasteiger partial charge >= 0.3 is 0 Å². The minimum atomic E-state index is -0.446. The Morgan fingerprint density at radius 3 is 2.50 bits per heavy atom. The highest BCUT2D eigenvalue weighted by Crippen LogP contribution is 2.25. The van der Waals surface area contributed by atoms with Crippen molar-refractivity contribution in [3.8, 4) is 0 Å². The summed E-state index contributed by atoms with van der Waals surface area (Å²) in [7, 11) is 0. The summed E-state index contributed by atoms with van der Waals surface area (Å²) in [6, 6.07) is 13.1. The van der Waals surface area contributed by atoms with Crippen molar-refractivity contribution in [1.29, 1.82) is 0 Å². The summed E-state index contributed by atoms with van der Waals surface area (Å²) >= 11 is 1.25. The van der Waals surface area contributed by atoms with Crippen LogP contribution < -0.4 is 10.9 Å². The summed E-state index contributed by atoms with van der Waals surface area (Å²) in [5.74, 6) is -0.486. The van der Waals surface area contributed by atoms with Gasteiger partial charge in [0, 0.05) is 12.6 Å². The van der Waals surface area contributed by atoms with E-state index in [0.717, 1.165) is 5.56 Å². The SMILES string of the molecule is CC(C)n1c(S[C@H](C)C(=O)NCc2ccc(F)cc2)nc2ccccc2c1=O. The molecule has 3 aromatic rings. The molecule has 0 aliphatic heterocycles. The van der Waals surface area contributed by atoms with Crippen LogP contribution in [0.15, 0.2) is 58.5 Å². The normalized spacial score (nSPS) is 12.3. The lowest BCUT2D eigenvalue weighted by Gasteiger charge is -2.18. The number of fused-ring (bicyclic) bond motifs is 1. The molecule has 28 heavy (non-hydrogen) atoms. The summed E-state index contributed by atoms with van der Waals surface area (Å²) in [4.78, 5) is 30.0. The van der Waals surface area contributed by atoms with Gasteiger partial charge in [0.25, 0.3) is 5.56 Å². The molecule has 0 saturated carbocycles. The van der Waals surface area contributed by atoms with Gasteiger partial charge in [-0.2, -0.15) is 0 Å². The van der Waals surface area contributed by atoms with Crippen LogP contribution in [0, 0.1) is 5.82 Å². The van der Waals surface area contributed by atoms with Crippen LogP contribution in [0.2, 0.25) is 0 Å². The number of halogens is 1. The highest BCUT2D eigenvalue weighted by molar-refractivity contribution is 8.00. The third-order valence-electron chi connectivity index (χ3n) is 4.32. The van der Waals surface area contributed by atoms with Crippen molar-refractivity contribution >= 4 is 28.6 Å². The molecule has 7 heteroatoms. The van der Waals surface area contributed by atoms with Gasteiger partial charge in [-0.25, -0.2) is 9.37 Å². The van der Waals surface area contributed by atoms with E-state index in [2.05, 4.69) is 10.3 Å². The van der Waals surface area contributed by atoms with Gasteiger partial charge in [-0.05, 0) is 50.6 Å². The summed E-state index contributed by atoms with van der Waals surface area (Å²) in [5.41, 5.74) is 1.32. The Balaban J connectivity index is 1.79. The Morgan fingerprint density at radius 2 is 1.82 bits per heavy atom. The zero-order valence-electron chi connectivity index (χ0n) is 16.0. The van der Waals surface area contributed by atoms with Gasteiger partial charge < -0.3 is 5.32 Å². The summed E-state index contributed by atoms with van der Waals surface area (Å²) in [5, 5.41) is 3.48. The first-order chi connectivity index (χ1) is 13.4. The number of benzene rings is 2. The molecule has 1 N–H and O–H groups in total. The molecule has 1 amide bonds. The third-order valence-corrected chi connectivity index (χ3v) is 5.39. The molecule has 0 bridgehead atoms. The first kappa shape index (κ1) is 20.1. The summed E-state index contributed by atoms with van der Waals surface area (Å²) in [6.45, 7) is 5.92. The average Bonchev–Trinajstić information content (AvgIpc) is 2.67. The molecule has 0 fully saturated rings. The Hall–Kier alpha value is -2.67. The van der Waals surface area contributed by atoms with Crippen LogP contribution in [0.3, 0.4) is 0 Å². The predicted octanol–water partition coefficient (Wildman–Crippen LogP) is 3.91. The number of nitrogens with zero attached hydrogens (tertiary/aromatic N) is 2. The number of hydrogen-bond donors (Lipinski definition) is 1. The minimum Gasteiger partial charge on any atom is -0.351 e. The topological polar surface area (TPSA) is 64.0 Å². The van der Waals surface area contributed by atoms with Crippen LogP contribution in [-0.4, -0.2) is 20.7 Å². The monoisotopic (exact) mass is 399 g/mol. The maximum Gasteiger partial charge on any atom is 0.262 e. The zero-order chi connectivity index (χ0) is 20.3. The number of hydrogen-bond acceptors (Lipinski definition) is 4. The molecule has 146 valence electrons. The zero-order valence-corrected chi connectivity index (χ0v) is 16.8. The second kappa shape index (κ2) is 8.56. The fourth-order valence-electron chi connectivity index (χ4n) is 2.81. The van der Waals surface area contributed by atoms with Crippen LogP contribution in [-0.2, 0) is 11.3 Å². The van der Waals surface area contributed by atoms with E-state index < -0.39 is 5.25 Å². The number of nitrogens with one attached hydrogen (secondary N) is 1. The van der Waals surface area contributed by atoms with Gasteiger partial charge in [0.05, 0.1) is 16.2 Å². The van der Waals surface area contributed by atoms with E-state index in [1.807, 2.05) is 26.0 Å². The molecule has 2 aromatic carbocycles. The van der Waals surface area contributed by atoms with Crippen molar-refractivity contribution in [2.24, 2.45) is 0 Å². The van der Waals surface area contributed by atoms with E-state index in [9.17, 15) is 14.0 Å². The fourth-order valence-corrected chi connectivity index (χ4v) is 3.88. The number of carbonyl (C=O) groups excluding carboxylic acids is 1. The van der Waals surface area contributed by atoms with E-state index in [4.69, 9.17) is 0 Å². The smallest absolute Gasteiger partial charge is 0.262 e. The average molecular weight is 399 g/mol. The minimum absolute atomic E-state index is 0.0819. The number of aromatic nitrogens is 2. The summed E-state index contributed by atoms with van der Waals surface area (Å²) in [6.07, 6.45) is 0. The number of amides is 1. The molecule has 1 aromatic heterocycles. The molecule has 1 atom stereocenters. The lowest BCUT2D eigenvalue weighted by molar-refractivity contribution is -0.120. The Labute approximate surface area is 167 Å². The highest BCUT2D eigenvalue weighted by Gasteiger charge is 2.20. The van der Waals surface area contributed by atoms with E-state index in [1.165, 1.54) is 23.9 Å². The Bertz CT molecular complexity index is 1050. The molecular weight excluding hydrogens is 377 g/mol. The van der Waals surface area contributed by atoms with Gasteiger partial charge in [-0.1, -0.05) is 36.0 Å². The first-order valence-electron chi connectivity index (χ1n) is 9.07. The van der Waals surface area contributed by atoms with Crippen molar-refractivity contribution in [2.45, 2.75) is 43.8 Å². The molecule has 3 rings (SSSR count). The lowest BCUT2D eigenvalue weighted by Crippen LogP contribution is -2.32. The molecule has 0 spiro atoms. The number of para-hydroxylation sites is 1. The predicted molar refractivity (Wildman–Crippen MR) is 110 cm³/mol. The van der Waals surface area contributed by atoms with Crippen LogP contribution in [0.1, 0.15) is 32.4 Å². The van der Waals surface area contributed by atoms with Gasteiger partial charge in [0.2, 0.25) is 5.91 Å². The molecule has 0 radical (unpaired) electrons. The second-order valence-electron chi connectivity index (χ2n) is 6.78. The molecule has 1 heterocycles. The molecule has 0 aliphatic rings. The maximum atomic E-state index is 13.0. The summed E-state index contributed by atoms with van der Waals surface area (Å²) < 4.78 is 14.6. The van der Waals surface area contributed by atoms with Gasteiger partial charge in [0.1, 0.15) is 5.82 Å². The van der Waals surface area contributed by atoms with Crippen molar-refractivity contribution in [1.82, 2.24) is 14.9 Å². The number of rotatable bonds is 6. The second-order valence-corrected chi connectivity index (χ2v) is 8.09. The lowest BCUT2D eigenvalue weighted by atomic mass is 10.2. The van der Waals surface area contributed by atoms with Crippen LogP contribution in [0.5, 0.6) is 0 Å². The molecule has 0 unspecified atom stereocenters. The standard InChI is InChI=1S/C21H22FN3O2S/c1-13(2)25-20(27)17-6-4-5-7-18(17)24-21(25)28-14(3)19(26)23-12-15-8-10-16(22)11-9-15/h4-11,13-14H,12H2,1-3H3,(H,23,26)/t14-/m1/s1. The quantitative estimate of drug-likeness (QED) is 0.504. The van der Waals surface area contributed by atoms with Crippen molar-refractivity contribution in [3.05, 3.63) is 70.3 Å². The molecule has 0 aliphatic carbocycles. The molecule has 5 nitrogen and oxygen atoms in total. The molecular formula is C21H22FN3O2S. The Morgan fingerprint density at radius 1 is 1.14 bits per heavy atom. The van der Waals surface area contributed by atoms with Crippen molar-refractivity contribution in [3.63, 3.8) is 0 Å². The van der Waals surface area contributed by atoms with E-state index >= 15 is 0 Å².